The maximum Gasteiger partial charge on any atom is 0.306 e. The summed E-state index contributed by atoms with van der Waals surface area (Å²) in [5.74, 6) is -0.352. The van der Waals surface area contributed by atoms with Gasteiger partial charge in [0.2, 0.25) is 0 Å². The summed E-state index contributed by atoms with van der Waals surface area (Å²) in [5, 5.41) is 8.41. The van der Waals surface area contributed by atoms with Crippen LogP contribution in [0, 0.1) is 11.8 Å². The van der Waals surface area contributed by atoms with Gasteiger partial charge >= 0.3 is 5.97 Å². The normalized spacial score (nSPS) is 32.1. The van der Waals surface area contributed by atoms with Gasteiger partial charge in [-0.1, -0.05) is 0 Å². The average molecular weight is 129 g/mol. The Labute approximate surface area is 53.9 Å². The fourth-order valence-corrected chi connectivity index (χ4v) is 1.08. The summed E-state index contributed by atoms with van der Waals surface area (Å²) in [6.07, 6.45) is 1.71. The van der Waals surface area contributed by atoms with Crippen LogP contribution in [0.5, 0.6) is 0 Å². The molecule has 2 atom stereocenters. The summed E-state index contributed by atoms with van der Waals surface area (Å²) >= 11 is 0. The Morgan fingerprint density at radius 2 is 2.44 bits per heavy atom. The first kappa shape index (κ1) is 6.55. The SMILES string of the molecule is NCC[C@H]1C[C@H]1C(=O)O. The summed E-state index contributed by atoms with van der Waals surface area (Å²) < 4.78 is 0. The molecule has 0 aromatic carbocycles. The first-order valence-electron chi connectivity index (χ1n) is 3.18. The molecule has 0 unspecified atom stereocenters. The van der Waals surface area contributed by atoms with E-state index in [1.165, 1.54) is 0 Å². The highest BCUT2D eigenvalue weighted by atomic mass is 16.4. The summed E-state index contributed by atoms with van der Waals surface area (Å²) in [5.41, 5.74) is 5.24. The van der Waals surface area contributed by atoms with E-state index < -0.39 is 5.97 Å². The van der Waals surface area contributed by atoms with E-state index in [1.807, 2.05) is 0 Å². The zero-order chi connectivity index (χ0) is 6.85. The topological polar surface area (TPSA) is 63.3 Å². The Kier molecular flexibility index (Phi) is 1.71. The molecule has 3 heteroatoms. The molecule has 0 amide bonds. The zero-order valence-electron chi connectivity index (χ0n) is 5.21. The monoisotopic (exact) mass is 129 g/mol. The lowest BCUT2D eigenvalue weighted by molar-refractivity contribution is -0.138. The van der Waals surface area contributed by atoms with Gasteiger partial charge in [0.25, 0.3) is 0 Å². The summed E-state index contributed by atoms with van der Waals surface area (Å²) in [6, 6.07) is 0. The predicted molar refractivity (Wildman–Crippen MR) is 32.9 cm³/mol. The molecule has 3 N–H and O–H groups in total. The molecule has 1 saturated carbocycles. The molecular formula is C6H11NO2. The lowest BCUT2D eigenvalue weighted by Gasteiger charge is -1.89. The van der Waals surface area contributed by atoms with Crippen LogP contribution in [0.3, 0.4) is 0 Å². The Morgan fingerprint density at radius 3 is 2.78 bits per heavy atom. The molecule has 1 aliphatic carbocycles. The molecular weight excluding hydrogens is 118 g/mol. The highest BCUT2D eigenvalue weighted by Crippen LogP contribution is 2.40. The molecule has 0 saturated heterocycles. The van der Waals surface area contributed by atoms with Crippen LogP contribution in [-0.2, 0) is 4.79 Å². The van der Waals surface area contributed by atoms with Gasteiger partial charge in [-0.25, -0.2) is 0 Å². The van der Waals surface area contributed by atoms with Crippen LogP contribution in [0.4, 0.5) is 0 Å². The Balaban J connectivity index is 2.17. The lowest BCUT2D eigenvalue weighted by atomic mass is 10.2. The van der Waals surface area contributed by atoms with Crippen molar-refractivity contribution in [2.75, 3.05) is 6.54 Å². The van der Waals surface area contributed by atoms with Gasteiger partial charge in [-0.3, -0.25) is 4.79 Å². The van der Waals surface area contributed by atoms with Crippen LogP contribution in [0.2, 0.25) is 0 Å². The minimum atomic E-state index is -0.659. The van der Waals surface area contributed by atoms with E-state index in [-0.39, 0.29) is 5.92 Å². The van der Waals surface area contributed by atoms with Crippen molar-refractivity contribution in [2.45, 2.75) is 12.8 Å². The van der Waals surface area contributed by atoms with Crippen LogP contribution < -0.4 is 5.73 Å². The number of aliphatic carboxylic acids is 1. The van der Waals surface area contributed by atoms with Crippen LogP contribution in [0.1, 0.15) is 12.8 Å². The smallest absolute Gasteiger partial charge is 0.306 e. The molecule has 0 aliphatic heterocycles. The molecule has 0 bridgehead atoms. The fraction of sp³-hybridized carbons (Fsp3) is 0.833. The van der Waals surface area contributed by atoms with Crippen molar-refractivity contribution in [3.63, 3.8) is 0 Å². The molecule has 1 aliphatic rings. The first-order valence-corrected chi connectivity index (χ1v) is 3.18. The Hall–Kier alpha value is -0.570. The van der Waals surface area contributed by atoms with Crippen molar-refractivity contribution in [1.29, 1.82) is 0 Å². The summed E-state index contributed by atoms with van der Waals surface area (Å²) in [7, 11) is 0. The van der Waals surface area contributed by atoms with Crippen LogP contribution in [0.15, 0.2) is 0 Å². The maximum atomic E-state index is 10.2. The average Bonchev–Trinajstić information content (AvgIpc) is 2.47. The largest absolute Gasteiger partial charge is 0.481 e. The second-order valence-electron chi connectivity index (χ2n) is 2.52. The standard InChI is InChI=1S/C6H11NO2/c7-2-1-4-3-5(4)6(8)9/h4-5H,1-3,7H2,(H,8,9)/t4-,5+/m0/s1. The molecule has 1 rings (SSSR count). The third-order valence-electron chi connectivity index (χ3n) is 1.78. The van der Waals surface area contributed by atoms with Crippen molar-refractivity contribution in [2.24, 2.45) is 17.6 Å². The molecule has 0 aromatic heterocycles. The third-order valence-corrected chi connectivity index (χ3v) is 1.78. The fourth-order valence-electron chi connectivity index (χ4n) is 1.08. The molecule has 0 spiro atoms. The Morgan fingerprint density at radius 1 is 1.78 bits per heavy atom. The number of nitrogens with two attached hydrogens (primary N) is 1. The van der Waals surface area contributed by atoms with Gasteiger partial charge in [-0.05, 0) is 25.3 Å². The second-order valence-corrected chi connectivity index (χ2v) is 2.52. The van der Waals surface area contributed by atoms with Crippen LogP contribution >= 0.6 is 0 Å². The minimum Gasteiger partial charge on any atom is -0.481 e. The van der Waals surface area contributed by atoms with Crippen molar-refractivity contribution in [3.05, 3.63) is 0 Å². The van der Waals surface area contributed by atoms with Gasteiger partial charge in [-0.2, -0.15) is 0 Å². The molecule has 1 fully saturated rings. The van der Waals surface area contributed by atoms with E-state index in [0.29, 0.717) is 12.5 Å². The number of carboxylic acid groups (broad SMARTS) is 1. The highest BCUT2D eigenvalue weighted by molar-refractivity contribution is 5.73. The summed E-state index contributed by atoms with van der Waals surface area (Å²) in [6.45, 7) is 0.619. The highest BCUT2D eigenvalue weighted by Gasteiger charge is 2.41. The van der Waals surface area contributed by atoms with Crippen LogP contribution in [-0.4, -0.2) is 17.6 Å². The number of rotatable bonds is 3. The zero-order valence-corrected chi connectivity index (χ0v) is 5.21. The maximum absolute atomic E-state index is 10.2. The van der Waals surface area contributed by atoms with Gasteiger partial charge in [0.15, 0.2) is 0 Å². The third kappa shape index (κ3) is 1.42. The number of hydrogen-bond acceptors (Lipinski definition) is 2. The minimum absolute atomic E-state index is 0.0754. The van der Waals surface area contributed by atoms with Gasteiger partial charge in [-0.15, -0.1) is 0 Å². The second kappa shape index (κ2) is 2.35. The molecule has 9 heavy (non-hydrogen) atoms. The molecule has 52 valence electrons. The molecule has 3 nitrogen and oxygen atoms in total. The molecule has 0 aromatic rings. The van der Waals surface area contributed by atoms with E-state index >= 15 is 0 Å². The van der Waals surface area contributed by atoms with Crippen molar-refractivity contribution in [1.82, 2.24) is 0 Å². The lowest BCUT2D eigenvalue weighted by Crippen LogP contribution is -2.04. The van der Waals surface area contributed by atoms with Gasteiger partial charge in [0.1, 0.15) is 0 Å². The predicted octanol–water partition coefficient (Wildman–Crippen LogP) is 0.0559. The summed E-state index contributed by atoms with van der Waals surface area (Å²) in [4.78, 5) is 10.2. The van der Waals surface area contributed by atoms with Crippen LogP contribution in [0.25, 0.3) is 0 Å². The molecule has 0 radical (unpaired) electrons. The Bertz CT molecular complexity index is 124. The van der Waals surface area contributed by atoms with E-state index in [1.54, 1.807) is 0 Å². The quantitative estimate of drug-likeness (QED) is 0.566. The van der Waals surface area contributed by atoms with Gasteiger partial charge in [0.05, 0.1) is 5.92 Å². The number of hydrogen-bond donors (Lipinski definition) is 2. The number of carboxylic acids is 1. The number of carbonyl (C=O) groups is 1. The van der Waals surface area contributed by atoms with Gasteiger partial charge in [0, 0.05) is 0 Å². The molecule has 0 heterocycles. The van der Waals surface area contributed by atoms with E-state index in [4.69, 9.17) is 10.8 Å². The van der Waals surface area contributed by atoms with Crippen molar-refractivity contribution >= 4 is 5.97 Å². The van der Waals surface area contributed by atoms with Crippen molar-refractivity contribution in [3.8, 4) is 0 Å². The van der Waals surface area contributed by atoms with E-state index in [0.717, 1.165) is 12.8 Å². The van der Waals surface area contributed by atoms with Crippen molar-refractivity contribution < 1.29 is 9.90 Å². The van der Waals surface area contributed by atoms with Gasteiger partial charge < -0.3 is 10.8 Å². The van der Waals surface area contributed by atoms with E-state index in [9.17, 15) is 4.79 Å². The van der Waals surface area contributed by atoms with E-state index in [2.05, 4.69) is 0 Å². The first-order chi connectivity index (χ1) is 4.25.